The number of allylic oxidation sites excluding steroid dienone is 16. The fourth-order valence-electron chi connectivity index (χ4n) is 11.7. The topological polar surface area (TPSA) is 0 Å². The zero-order chi connectivity index (χ0) is 35.5. The fourth-order valence-corrected chi connectivity index (χ4v) is 63.0. The molecule has 0 nitrogen and oxygen atoms in total. The Labute approximate surface area is 301 Å². The van der Waals surface area contributed by atoms with Crippen LogP contribution in [0.25, 0.3) is 22.3 Å². The van der Waals surface area contributed by atoms with Crippen LogP contribution in [0.1, 0.15) is 30.9 Å². The summed E-state index contributed by atoms with van der Waals surface area (Å²) >= 11 is -6.12. The van der Waals surface area contributed by atoms with E-state index in [1.165, 1.54) is 55.7 Å². The molecule has 51 heavy (non-hydrogen) atoms. The molecule has 4 aromatic carbocycles. The SMILES string of the molecule is CCC[CH2][Hf]([CH3])([CH3])([CH3])(=[SiH2])([C]1(c2ccccc2-c2ccccc2)C=CC=C2C=CC=C21)[C]1(c2ccccc2-c2ccccc2)C=CC=C2C=CC=C21. The van der Waals surface area contributed by atoms with Gasteiger partial charge in [-0.3, -0.25) is 0 Å². The first kappa shape index (κ1) is 34.0. The Morgan fingerprint density at radius 2 is 0.922 bits per heavy atom. The first-order valence-corrected chi connectivity index (χ1v) is 44.1. The van der Waals surface area contributed by atoms with E-state index in [9.17, 15) is 0 Å². The molecule has 0 saturated carbocycles. The number of hydrogen-bond donors (Lipinski definition) is 0. The predicted octanol–water partition coefficient (Wildman–Crippen LogP) is 12.8. The summed E-state index contributed by atoms with van der Waals surface area (Å²) in [5, 5.41) is 0. The molecule has 8 rings (SSSR count). The van der Waals surface area contributed by atoms with Crippen LogP contribution in [-0.4, -0.2) is 6.94 Å². The van der Waals surface area contributed by atoms with Crippen molar-refractivity contribution in [2.24, 2.45) is 0 Å². The van der Waals surface area contributed by atoms with E-state index >= 15 is 0 Å². The maximum atomic E-state index is 2.89. The van der Waals surface area contributed by atoms with Gasteiger partial charge in [0.2, 0.25) is 0 Å². The molecule has 254 valence electrons. The molecule has 2 heteroatoms. The monoisotopic (exact) mass is 846 g/mol. The minimum atomic E-state index is -6.12. The van der Waals surface area contributed by atoms with Crippen LogP contribution in [0.4, 0.5) is 0 Å². The maximum absolute atomic E-state index is 6.12. The number of rotatable bonds is 9. The summed E-state index contributed by atoms with van der Waals surface area (Å²) in [5.41, 5.74) is 13.6. The van der Waals surface area contributed by atoms with E-state index in [1.54, 1.807) is 0 Å². The molecule has 0 aromatic heterocycles. The van der Waals surface area contributed by atoms with Crippen LogP contribution in [0.5, 0.6) is 0 Å². The van der Waals surface area contributed by atoms with Crippen molar-refractivity contribution in [3.8, 4) is 22.3 Å². The minimum absolute atomic E-state index is 0.447. The third kappa shape index (κ3) is 4.27. The first-order valence-electron chi connectivity index (χ1n) is 18.9. The van der Waals surface area contributed by atoms with Gasteiger partial charge < -0.3 is 0 Å². The Balaban J connectivity index is 1.65. The second-order valence-electron chi connectivity index (χ2n) is 18.6. The molecule has 0 amide bonds. The summed E-state index contributed by atoms with van der Waals surface area (Å²) < 4.78 is 8.91. The molecule has 0 radical (unpaired) electrons. The molecule has 2 unspecified atom stereocenters. The molecular formula is C49H50HfSi. The third-order valence-electron chi connectivity index (χ3n) is 14.2. The number of fused-ring (bicyclic) bond motifs is 2. The van der Waals surface area contributed by atoms with Crippen LogP contribution < -0.4 is 0 Å². The van der Waals surface area contributed by atoms with Gasteiger partial charge in [0, 0.05) is 0 Å². The zero-order valence-corrected chi connectivity index (χ0v) is 35.7. The predicted molar refractivity (Wildman–Crippen MR) is 222 cm³/mol. The van der Waals surface area contributed by atoms with Gasteiger partial charge in [-0.1, -0.05) is 0 Å². The molecule has 0 spiro atoms. The van der Waals surface area contributed by atoms with E-state index in [2.05, 4.69) is 210 Å². The van der Waals surface area contributed by atoms with E-state index < -0.39 is 20.5 Å². The molecule has 0 N–H and O–H groups in total. The van der Waals surface area contributed by atoms with E-state index in [1.807, 2.05) is 0 Å². The first-order chi connectivity index (χ1) is 24.4. The third-order valence-corrected chi connectivity index (χ3v) is 68.9. The van der Waals surface area contributed by atoms with Gasteiger partial charge in [-0.25, -0.2) is 0 Å². The second kappa shape index (κ2) is 11.0. The summed E-state index contributed by atoms with van der Waals surface area (Å²) in [7, 11) is 0. The number of benzene rings is 4. The Morgan fingerprint density at radius 1 is 0.510 bits per heavy atom. The van der Waals surface area contributed by atoms with Crippen molar-refractivity contribution in [3.05, 3.63) is 216 Å². The van der Waals surface area contributed by atoms with Gasteiger partial charge in [-0.2, -0.15) is 0 Å². The van der Waals surface area contributed by atoms with Crippen LogP contribution in [0.15, 0.2) is 204 Å². The van der Waals surface area contributed by atoms with E-state index in [0.29, 0.717) is 0 Å². The van der Waals surface area contributed by atoms with E-state index in [0.717, 1.165) is 17.0 Å². The second-order valence-corrected chi connectivity index (χ2v) is 97.9. The van der Waals surface area contributed by atoms with E-state index in [4.69, 9.17) is 0 Å². The summed E-state index contributed by atoms with van der Waals surface area (Å²) in [6.45, 7) is 4.89. The Bertz CT molecular complexity index is 2310. The zero-order valence-electron chi connectivity index (χ0n) is 30.6. The molecule has 4 aliphatic carbocycles. The molecule has 4 aliphatic rings. The molecule has 0 aliphatic heterocycles. The van der Waals surface area contributed by atoms with Crippen molar-refractivity contribution in [1.82, 2.24) is 0 Å². The molecular weight excluding hydrogens is 795 g/mol. The average molecular weight is 846 g/mol. The van der Waals surface area contributed by atoms with Gasteiger partial charge in [0.05, 0.1) is 0 Å². The van der Waals surface area contributed by atoms with Gasteiger partial charge in [0.1, 0.15) is 0 Å². The molecule has 0 saturated heterocycles. The summed E-state index contributed by atoms with van der Waals surface area (Å²) in [6, 6.07) is 41.0. The standard InChI is InChI=1S/2C21H15.C4H9.3CH3.Hf.H2Si/c2*1-2-8-16(9-3-1)18-12-4-5-13-20(18)21-15-7-11-17-10-6-14-19(17)21;1-3-4-2;;;;;/h2*1-15H;1,3-4H2,2H3;3*1H3;;1H2. The molecule has 0 heterocycles. The molecule has 4 aromatic rings. The Kier molecular flexibility index (Phi) is 7.30. The van der Waals surface area contributed by atoms with Gasteiger partial charge >= 0.3 is 303 Å². The van der Waals surface area contributed by atoms with Crippen LogP contribution in [-0.2, 0) is 20.5 Å². The van der Waals surface area contributed by atoms with Crippen molar-refractivity contribution in [2.75, 3.05) is 0 Å². The number of unbranched alkanes of at least 4 members (excludes halogenated alkanes) is 1. The summed E-state index contributed by atoms with van der Waals surface area (Å²) in [6.07, 6.45) is 31.4. The molecule has 0 bridgehead atoms. The van der Waals surface area contributed by atoms with Crippen LogP contribution >= 0.6 is 0 Å². The summed E-state index contributed by atoms with van der Waals surface area (Å²) in [5.74, 6) is 0. The summed E-state index contributed by atoms with van der Waals surface area (Å²) in [4.78, 5) is 0. The van der Waals surface area contributed by atoms with Crippen molar-refractivity contribution >= 4 is 6.94 Å². The molecule has 2 atom stereocenters. The Hall–Kier alpha value is -4.11. The van der Waals surface area contributed by atoms with Gasteiger partial charge in [-0.15, -0.1) is 0 Å². The number of hydrogen-bond acceptors (Lipinski definition) is 0. The molecule has 0 fully saturated rings. The average Bonchev–Trinajstić information content (AvgIpc) is 3.85. The normalized spacial score (nSPS) is 23.9. The van der Waals surface area contributed by atoms with Crippen LogP contribution in [0.3, 0.4) is 0 Å². The van der Waals surface area contributed by atoms with Crippen LogP contribution in [0.2, 0.25) is 18.2 Å². The van der Waals surface area contributed by atoms with Crippen molar-refractivity contribution in [3.63, 3.8) is 0 Å². The Morgan fingerprint density at radius 3 is 1.35 bits per heavy atom. The van der Waals surface area contributed by atoms with Gasteiger partial charge in [-0.05, 0) is 0 Å². The van der Waals surface area contributed by atoms with Crippen molar-refractivity contribution in [2.45, 2.75) is 44.3 Å². The van der Waals surface area contributed by atoms with Crippen LogP contribution in [0, 0.1) is 0 Å². The van der Waals surface area contributed by atoms with E-state index in [-0.39, 0.29) is 0 Å². The quantitative estimate of drug-likeness (QED) is 0.147. The van der Waals surface area contributed by atoms with Gasteiger partial charge in [0.25, 0.3) is 0 Å². The van der Waals surface area contributed by atoms with Crippen molar-refractivity contribution in [1.29, 1.82) is 0 Å². The fraction of sp³-hybridized carbons (Fsp3) is 0.184. The van der Waals surface area contributed by atoms with Gasteiger partial charge in [0.15, 0.2) is 0 Å². The van der Waals surface area contributed by atoms with Crippen molar-refractivity contribution < 1.29 is 14.2 Å².